The van der Waals surface area contributed by atoms with Crippen molar-refractivity contribution in [3.8, 4) is 0 Å². The van der Waals surface area contributed by atoms with Gasteiger partial charge in [0.25, 0.3) is 0 Å². The summed E-state index contributed by atoms with van der Waals surface area (Å²) >= 11 is 1.40. The number of nitrogens with one attached hydrogen (secondary N) is 1. The van der Waals surface area contributed by atoms with Crippen LogP contribution in [0.15, 0.2) is 17.8 Å². The Balaban J connectivity index is 1.61. The minimum atomic E-state index is -0.146. The van der Waals surface area contributed by atoms with Crippen LogP contribution in [0.5, 0.6) is 0 Å². The molecule has 0 bridgehead atoms. The molecule has 1 N–H and O–H groups in total. The molecule has 2 amide bonds. The minimum Gasteiger partial charge on any atom is -0.323 e. The van der Waals surface area contributed by atoms with Gasteiger partial charge in [-0.1, -0.05) is 0 Å². The molecule has 1 aliphatic heterocycles. The highest BCUT2D eigenvalue weighted by molar-refractivity contribution is 7.14. The highest BCUT2D eigenvalue weighted by Crippen LogP contribution is 2.25. The third-order valence-corrected chi connectivity index (χ3v) is 4.09. The van der Waals surface area contributed by atoms with Crippen molar-refractivity contribution >= 4 is 34.0 Å². The topological polar surface area (TPSA) is 80.1 Å². The number of amides is 2. The number of thiazole rings is 1. The molecular formula is C13H15N5O2S. The van der Waals surface area contributed by atoms with Crippen molar-refractivity contribution in [2.75, 3.05) is 16.8 Å². The predicted octanol–water partition coefficient (Wildman–Crippen LogP) is 1.18. The van der Waals surface area contributed by atoms with E-state index in [1.165, 1.54) is 11.3 Å². The Morgan fingerprint density at radius 2 is 2.38 bits per heavy atom. The zero-order chi connectivity index (χ0) is 14.8. The standard InChI is InChI=1S/C13H15N5O2S/c1-17-7-10(6-14-17)15-11(19)5-9-8-21-13(16-9)18-4-2-3-12(18)20/h6-8H,2-5H2,1H3,(H,15,19). The number of nitrogens with zero attached hydrogens (tertiary/aromatic N) is 4. The van der Waals surface area contributed by atoms with Gasteiger partial charge in [0.2, 0.25) is 11.8 Å². The number of rotatable bonds is 4. The summed E-state index contributed by atoms with van der Waals surface area (Å²) in [6.45, 7) is 0.716. The van der Waals surface area contributed by atoms with E-state index >= 15 is 0 Å². The van der Waals surface area contributed by atoms with Gasteiger partial charge in [0.15, 0.2) is 5.13 Å². The third-order valence-electron chi connectivity index (χ3n) is 3.17. The first kappa shape index (κ1) is 13.7. The maximum Gasteiger partial charge on any atom is 0.230 e. The molecule has 0 aliphatic carbocycles. The Labute approximate surface area is 125 Å². The number of hydrogen-bond donors (Lipinski definition) is 1. The lowest BCUT2D eigenvalue weighted by molar-refractivity contribution is -0.117. The van der Waals surface area contributed by atoms with Crippen molar-refractivity contribution in [1.82, 2.24) is 14.8 Å². The van der Waals surface area contributed by atoms with Crippen LogP contribution in [-0.2, 0) is 23.1 Å². The first-order valence-corrected chi connectivity index (χ1v) is 7.53. The Morgan fingerprint density at radius 1 is 1.52 bits per heavy atom. The Morgan fingerprint density at radius 3 is 3.05 bits per heavy atom. The van der Waals surface area contributed by atoms with E-state index in [-0.39, 0.29) is 18.2 Å². The van der Waals surface area contributed by atoms with Crippen molar-refractivity contribution in [1.29, 1.82) is 0 Å². The van der Waals surface area contributed by atoms with Gasteiger partial charge in [0.1, 0.15) is 0 Å². The van der Waals surface area contributed by atoms with E-state index in [4.69, 9.17) is 0 Å². The van der Waals surface area contributed by atoms with Gasteiger partial charge >= 0.3 is 0 Å². The van der Waals surface area contributed by atoms with Gasteiger partial charge in [0.05, 0.1) is 24.0 Å². The molecule has 1 saturated heterocycles. The van der Waals surface area contributed by atoms with E-state index in [1.807, 2.05) is 5.38 Å². The monoisotopic (exact) mass is 305 g/mol. The van der Waals surface area contributed by atoms with Crippen LogP contribution in [0, 0.1) is 0 Å². The summed E-state index contributed by atoms with van der Waals surface area (Å²) < 4.78 is 1.62. The van der Waals surface area contributed by atoms with Gasteiger partial charge in [-0.2, -0.15) is 5.10 Å². The molecule has 0 spiro atoms. The van der Waals surface area contributed by atoms with Crippen LogP contribution in [0.1, 0.15) is 18.5 Å². The van der Waals surface area contributed by atoms with Crippen LogP contribution in [0.25, 0.3) is 0 Å². The van der Waals surface area contributed by atoms with Crippen LogP contribution < -0.4 is 10.2 Å². The van der Waals surface area contributed by atoms with Gasteiger partial charge < -0.3 is 5.32 Å². The molecule has 0 radical (unpaired) electrons. The SMILES string of the molecule is Cn1cc(NC(=O)Cc2csc(N3CCCC3=O)n2)cn1. The van der Waals surface area contributed by atoms with Crippen LogP contribution in [-0.4, -0.2) is 33.1 Å². The van der Waals surface area contributed by atoms with Crippen molar-refractivity contribution in [2.24, 2.45) is 7.05 Å². The zero-order valence-electron chi connectivity index (χ0n) is 11.6. The molecule has 7 nitrogen and oxygen atoms in total. The maximum absolute atomic E-state index is 11.9. The number of anilines is 2. The number of carbonyl (C=O) groups excluding carboxylic acids is 2. The molecule has 0 saturated carbocycles. The molecule has 1 aliphatic rings. The third kappa shape index (κ3) is 3.10. The summed E-state index contributed by atoms with van der Waals surface area (Å²) in [6, 6.07) is 0. The number of aryl methyl sites for hydroxylation is 1. The normalized spacial score (nSPS) is 14.7. The van der Waals surface area contributed by atoms with Crippen LogP contribution in [0.4, 0.5) is 10.8 Å². The van der Waals surface area contributed by atoms with Crippen LogP contribution in [0.3, 0.4) is 0 Å². The van der Waals surface area contributed by atoms with E-state index in [0.29, 0.717) is 29.5 Å². The number of aromatic nitrogens is 3. The maximum atomic E-state index is 11.9. The number of hydrogen-bond acceptors (Lipinski definition) is 5. The lowest BCUT2D eigenvalue weighted by Gasteiger charge is -2.10. The molecule has 2 aromatic heterocycles. The molecule has 2 aromatic rings. The Hall–Kier alpha value is -2.22. The van der Waals surface area contributed by atoms with E-state index < -0.39 is 0 Å². The summed E-state index contributed by atoms with van der Waals surface area (Å²) in [4.78, 5) is 29.6. The molecule has 21 heavy (non-hydrogen) atoms. The van der Waals surface area contributed by atoms with Crippen molar-refractivity contribution in [2.45, 2.75) is 19.3 Å². The van der Waals surface area contributed by atoms with E-state index in [0.717, 1.165) is 6.42 Å². The molecule has 8 heteroatoms. The fraction of sp³-hybridized carbons (Fsp3) is 0.385. The summed E-state index contributed by atoms with van der Waals surface area (Å²) in [5, 5.41) is 9.25. The molecule has 0 atom stereocenters. The van der Waals surface area contributed by atoms with Crippen molar-refractivity contribution in [3.63, 3.8) is 0 Å². The quantitative estimate of drug-likeness (QED) is 0.920. The largest absolute Gasteiger partial charge is 0.323 e. The summed E-state index contributed by atoms with van der Waals surface area (Å²) in [7, 11) is 1.79. The van der Waals surface area contributed by atoms with E-state index in [9.17, 15) is 9.59 Å². The van der Waals surface area contributed by atoms with Crippen LogP contribution >= 0.6 is 11.3 Å². The number of carbonyl (C=O) groups is 2. The van der Waals surface area contributed by atoms with Crippen molar-refractivity contribution in [3.05, 3.63) is 23.5 Å². The van der Waals surface area contributed by atoms with Gasteiger partial charge in [0, 0.05) is 31.6 Å². The molecule has 3 heterocycles. The molecule has 1 fully saturated rings. The zero-order valence-corrected chi connectivity index (χ0v) is 12.4. The summed E-state index contributed by atoms with van der Waals surface area (Å²) in [5.74, 6) is -0.0386. The fourth-order valence-corrected chi connectivity index (χ4v) is 3.08. The Kier molecular flexibility index (Phi) is 3.70. The highest BCUT2D eigenvalue weighted by atomic mass is 32.1. The second-order valence-electron chi connectivity index (χ2n) is 4.90. The first-order valence-electron chi connectivity index (χ1n) is 6.65. The van der Waals surface area contributed by atoms with Crippen LogP contribution in [0.2, 0.25) is 0 Å². The second-order valence-corrected chi connectivity index (χ2v) is 5.73. The highest BCUT2D eigenvalue weighted by Gasteiger charge is 2.24. The molecule has 3 rings (SSSR count). The lowest BCUT2D eigenvalue weighted by Crippen LogP contribution is -2.23. The van der Waals surface area contributed by atoms with Gasteiger partial charge in [-0.15, -0.1) is 11.3 Å². The molecule has 0 aromatic carbocycles. The first-order chi connectivity index (χ1) is 10.1. The Bertz CT molecular complexity index is 678. The van der Waals surface area contributed by atoms with E-state index in [1.54, 1.807) is 29.0 Å². The molecule has 0 unspecified atom stereocenters. The summed E-state index contributed by atoms with van der Waals surface area (Å²) in [5.41, 5.74) is 1.34. The minimum absolute atomic E-state index is 0.107. The summed E-state index contributed by atoms with van der Waals surface area (Å²) in [6.07, 6.45) is 4.96. The van der Waals surface area contributed by atoms with Gasteiger partial charge in [-0.05, 0) is 6.42 Å². The van der Waals surface area contributed by atoms with Gasteiger partial charge in [-0.3, -0.25) is 19.2 Å². The molecule has 110 valence electrons. The van der Waals surface area contributed by atoms with Gasteiger partial charge in [-0.25, -0.2) is 4.98 Å². The fourth-order valence-electron chi connectivity index (χ4n) is 2.21. The lowest BCUT2D eigenvalue weighted by atomic mass is 10.3. The smallest absolute Gasteiger partial charge is 0.230 e. The van der Waals surface area contributed by atoms with Crippen molar-refractivity contribution < 1.29 is 9.59 Å². The van der Waals surface area contributed by atoms with E-state index in [2.05, 4.69) is 15.4 Å². The average molecular weight is 305 g/mol. The molecular weight excluding hydrogens is 290 g/mol. The predicted molar refractivity (Wildman–Crippen MR) is 79.2 cm³/mol. The second kappa shape index (κ2) is 5.65. The average Bonchev–Trinajstić information content (AvgIpc) is 3.12.